The number of rotatable bonds is 1. The maximum absolute atomic E-state index is 10.6. The SMILES string of the molecule is NC1=N[C@H](O)C2[C@@H]3O[C@@]4(O)O[C@H]([C@@H](O)C2(N1)[C@@H]4O)[C@]3(O)CO. The number of hydrogen-bond donors (Lipinski definition) is 8. The van der Waals surface area contributed by atoms with Crippen LogP contribution in [0.1, 0.15) is 0 Å². The molecule has 0 aromatic carbocycles. The molecule has 11 nitrogen and oxygen atoms in total. The molecule has 9 atom stereocenters. The van der Waals surface area contributed by atoms with Gasteiger partial charge in [-0.25, -0.2) is 4.99 Å². The second kappa shape index (κ2) is 3.88. The van der Waals surface area contributed by atoms with Crippen molar-refractivity contribution in [2.75, 3.05) is 6.61 Å². The van der Waals surface area contributed by atoms with Crippen molar-refractivity contribution in [1.29, 1.82) is 0 Å². The molecule has 0 aromatic heterocycles. The fourth-order valence-electron chi connectivity index (χ4n) is 4.24. The predicted molar refractivity (Wildman–Crippen MR) is 65.7 cm³/mol. The van der Waals surface area contributed by atoms with E-state index in [-0.39, 0.29) is 5.96 Å². The number of aliphatic imine (C=N–C) groups is 1. The number of ether oxygens (including phenoxy) is 2. The van der Waals surface area contributed by atoms with Gasteiger partial charge in [0.25, 0.3) is 0 Å². The fraction of sp³-hybridized carbons (Fsp3) is 0.909. The van der Waals surface area contributed by atoms with Gasteiger partial charge in [0, 0.05) is 0 Å². The molecule has 124 valence electrons. The third-order valence-electron chi connectivity index (χ3n) is 5.22. The van der Waals surface area contributed by atoms with Gasteiger partial charge in [-0.1, -0.05) is 0 Å². The third-order valence-corrected chi connectivity index (χ3v) is 5.22. The maximum Gasteiger partial charge on any atom is 0.311 e. The molecule has 0 radical (unpaired) electrons. The monoisotopic (exact) mass is 319 g/mol. The lowest BCUT2D eigenvalue weighted by molar-refractivity contribution is -0.548. The van der Waals surface area contributed by atoms with Crippen molar-refractivity contribution in [1.82, 2.24) is 5.32 Å². The van der Waals surface area contributed by atoms with Gasteiger partial charge in [0.05, 0.1) is 12.5 Å². The first-order valence-corrected chi connectivity index (χ1v) is 6.77. The lowest BCUT2D eigenvalue weighted by Crippen LogP contribution is -2.95. The molecule has 22 heavy (non-hydrogen) atoms. The minimum atomic E-state index is -2.52. The molecular weight excluding hydrogens is 302 g/mol. The molecule has 4 aliphatic heterocycles. The largest absolute Gasteiger partial charge is 0.393 e. The van der Waals surface area contributed by atoms with E-state index in [2.05, 4.69) is 10.3 Å². The van der Waals surface area contributed by atoms with E-state index in [1.807, 2.05) is 0 Å². The van der Waals surface area contributed by atoms with Crippen LogP contribution in [0.25, 0.3) is 0 Å². The molecule has 0 aromatic rings. The number of nitrogens with zero attached hydrogens (tertiary/aromatic N) is 1. The average molecular weight is 319 g/mol. The van der Waals surface area contributed by atoms with Gasteiger partial charge in [-0.15, -0.1) is 0 Å². The van der Waals surface area contributed by atoms with Crippen molar-refractivity contribution in [3.8, 4) is 0 Å². The summed E-state index contributed by atoms with van der Waals surface area (Å²) in [6.07, 6.45) is -7.77. The van der Waals surface area contributed by atoms with Crippen molar-refractivity contribution in [3.05, 3.63) is 0 Å². The Kier molecular flexibility index (Phi) is 2.57. The van der Waals surface area contributed by atoms with Crippen LogP contribution >= 0.6 is 0 Å². The zero-order chi connectivity index (χ0) is 16.1. The van der Waals surface area contributed by atoms with Crippen molar-refractivity contribution in [3.63, 3.8) is 0 Å². The third kappa shape index (κ3) is 1.28. The van der Waals surface area contributed by atoms with Gasteiger partial charge in [-0.05, 0) is 0 Å². The van der Waals surface area contributed by atoms with E-state index < -0.39 is 60.3 Å². The summed E-state index contributed by atoms with van der Waals surface area (Å²) in [6.45, 7) is -0.857. The quantitative estimate of drug-likeness (QED) is 0.231. The van der Waals surface area contributed by atoms with E-state index in [0.717, 1.165) is 0 Å². The first-order valence-electron chi connectivity index (χ1n) is 6.77. The molecule has 4 heterocycles. The highest BCUT2D eigenvalue weighted by Crippen LogP contribution is 2.58. The standard InChI is InChI=1S/C11H17N3O8/c12-8-13-6(17)2-4-9(19,1-15)5-3(16)10(2,14-8)7(18)11(20,21-4)22-5/h2-7,15-20H,1H2,(H3,12,13,14)/t2?,3-,4+,5-,6-,7+,9+,10?,11-/m1/s1. The summed E-state index contributed by atoms with van der Waals surface area (Å²) in [5.41, 5.74) is 1.74. The van der Waals surface area contributed by atoms with Crippen molar-refractivity contribution in [2.45, 2.75) is 47.8 Å². The summed E-state index contributed by atoms with van der Waals surface area (Å²) in [4.78, 5) is 3.70. The Labute approximate surface area is 123 Å². The smallest absolute Gasteiger partial charge is 0.311 e. The minimum Gasteiger partial charge on any atom is -0.393 e. The molecule has 3 saturated heterocycles. The molecule has 9 N–H and O–H groups in total. The summed E-state index contributed by atoms with van der Waals surface area (Å²) in [6, 6.07) is 0. The predicted octanol–water partition coefficient (Wildman–Crippen LogP) is -5.52. The molecule has 5 aliphatic rings. The van der Waals surface area contributed by atoms with Crippen LogP contribution in [0.15, 0.2) is 4.99 Å². The van der Waals surface area contributed by atoms with E-state index in [1.54, 1.807) is 0 Å². The molecule has 1 saturated carbocycles. The van der Waals surface area contributed by atoms with Gasteiger partial charge in [0.1, 0.15) is 29.5 Å². The summed E-state index contributed by atoms with van der Waals surface area (Å²) < 4.78 is 10.3. The van der Waals surface area contributed by atoms with Gasteiger partial charge in [0.15, 0.2) is 18.3 Å². The number of nitrogens with two attached hydrogens (primary N) is 1. The van der Waals surface area contributed by atoms with Crippen LogP contribution in [0.4, 0.5) is 0 Å². The Hall–Kier alpha value is -1.05. The van der Waals surface area contributed by atoms with Crippen LogP contribution < -0.4 is 11.1 Å². The zero-order valence-electron chi connectivity index (χ0n) is 11.2. The topological polar surface area (TPSA) is 190 Å². The molecule has 1 aliphatic carbocycles. The van der Waals surface area contributed by atoms with E-state index in [4.69, 9.17) is 15.2 Å². The number of hydrogen-bond acceptors (Lipinski definition) is 11. The Balaban J connectivity index is 1.95. The van der Waals surface area contributed by atoms with Crippen LogP contribution in [0.2, 0.25) is 0 Å². The number of aliphatic hydroxyl groups excluding tert-OH is 4. The van der Waals surface area contributed by atoms with Crippen LogP contribution in [0, 0.1) is 5.92 Å². The first kappa shape index (κ1) is 14.5. The zero-order valence-corrected chi connectivity index (χ0v) is 11.2. The molecule has 4 fully saturated rings. The van der Waals surface area contributed by atoms with Crippen LogP contribution in [0.5, 0.6) is 0 Å². The van der Waals surface area contributed by atoms with Crippen molar-refractivity contribution >= 4 is 5.96 Å². The molecule has 5 rings (SSSR count). The van der Waals surface area contributed by atoms with E-state index in [0.29, 0.717) is 0 Å². The van der Waals surface area contributed by atoms with Gasteiger partial charge in [-0.2, -0.15) is 0 Å². The lowest BCUT2D eigenvalue weighted by atomic mass is 9.55. The Morgan fingerprint density at radius 1 is 1.18 bits per heavy atom. The first-order chi connectivity index (χ1) is 10.2. The highest BCUT2D eigenvalue weighted by Gasteiger charge is 2.82. The summed E-state index contributed by atoms with van der Waals surface area (Å²) in [7, 11) is 0. The van der Waals surface area contributed by atoms with Gasteiger partial charge >= 0.3 is 5.97 Å². The molecule has 2 unspecified atom stereocenters. The van der Waals surface area contributed by atoms with Crippen LogP contribution in [-0.4, -0.2) is 91.0 Å². The minimum absolute atomic E-state index is 0.250. The number of nitrogens with one attached hydrogen (secondary N) is 1. The average Bonchev–Trinajstić information content (AvgIpc) is 2.45. The molecular formula is C11H17N3O8. The van der Waals surface area contributed by atoms with Crippen LogP contribution in [-0.2, 0) is 9.47 Å². The molecule has 11 heteroatoms. The van der Waals surface area contributed by atoms with Gasteiger partial charge in [0.2, 0.25) is 0 Å². The second-order valence-corrected chi connectivity index (χ2v) is 6.22. The van der Waals surface area contributed by atoms with E-state index in [9.17, 15) is 30.6 Å². The second-order valence-electron chi connectivity index (χ2n) is 6.22. The highest BCUT2D eigenvalue weighted by molar-refractivity contribution is 5.80. The Bertz CT molecular complexity index is 561. The van der Waals surface area contributed by atoms with Crippen LogP contribution in [0.3, 0.4) is 0 Å². The van der Waals surface area contributed by atoms with E-state index in [1.165, 1.54) is 0 Å². The fourth-order valence-corrected chi connectivity index (χ4v) is 4.24. The summed E-state index contributed by atoms with van der Waals surface area (Å²) >= 11 is 0. The number of aliphatic hydroxyl groups is 6. The van der Waals surface area contributed by atoms with Crippen molar-refractivity contribution < 1.29 is 40.1 Å². The van der Waals surface area contributed by atoms with Crippen molar-refractivity contribution in [2.24, 2.45) is 16.6 Å². The van der Waals surface area contributed by atoms with Gasteiger partial charge < -0.3 is 51.2 Å². The highest BCUT2D eigenvalue weighted by atomic mass is 16.9. The molecule has 1 spiro atoms. The molecule has 0 amide bonds. The molecule has 4 bridgehead atoms. The number of guanidine groups is 1. The Morgan fingerprint density at radius 3 is 2.45 bits per heavy atom. The Morgan fingerprint density at radius 2 is 1.82 bits per heavy atom. The van der Waals surface area contributed by atoms with E-state index >= 15 is 0 Å². The summed E-state index contributed by atoms with van der Waals surface area (Å²) in [5.74, 6) is -3.95. The normalized spacial score (nSPS) is 62.4. The summed E-state index contributed by atoms with van der Waals surface area (Å²) in [5, 5.41) is 64.3. The van der Waals surface area contributed by atoms with Gasteiger partial charge in [-0.3, -0.25) is 0 Å². The maximum atomic E-state index is 10.6. The lowest BCUT2D eigenvalue weighted by Gasteiger charge is -2.71.